The summed E-state index contributed by atoms with van der Waals surface area (Å²) in [5.41, 5.74) is 5.98. The largest absolute Gasteiger partial charge is 0.329 e. The predicted octanol–water partition coefficient (Wildman–Crippen LogP) is 3.02. The predicted molar refractivity (Wildman–Crippen MR) is 74.0 cm³/mol. The van der Waals surface area contributed by atoms with Crippen LogP contribution in [-0.2, 0) is 0 Å². The van der Waals surface area contributed by atoms with Crippen LogP contribution in [0.4, 0.5) is 0 Å². The molecule has 0 radical (unpaired) electrons. The average Bonchev–Trinajstić information content (AvgIpc) is 2.89. The van der Waals surface area contributed by atoms with Crippen molar-refractivity contribution in [3.05, 3.63) is 0 Å². The van der Waals surface area contributed by atoms with Gasteiger partial charge < -0.3 is 5.73 Å². The van der Waals surface area contributed by atoms with Crippen LogP contribution in [-0.4, -0.2) is 30.6 Å². The molecule has 2 nitrogen and oxygen atoms in total. The fourth-order valence-electron chi connectivity index (χ4n) is 3.83. The lowest BCUT2D eigenvalue weighted by Crippen LogP contribution is -2.39. The van der Waals surface area contributed by atoms with Gasteiger partial charge in [-0.05, 0) is 31.1 Å². The van der Waals surface area contributed by atoms with Gasteiger partial charge in [-0.2, -0.15) is 0 Å². The molecule has 2 aliphatic rings. The molecule has 2 N–H and O–H groups in total. The topological polar surface area (TPSA) is 29.3 Å². The minimum atomic E-state index is 0.678. The summed E-state index contributed by atoms with van der Waals surface area (Å²) in [7, 11) is 0. The normalized spacial score (nSPS) is 30.7. The third-order valence-corrected chi connectivity index (χ3v) is 4.93. The Kier molecular flexibility index (Phi) is 5.30. The number of fused-ring (bicyclic) bond motifs is 1. The summed E-state index contributed by atoms with van der Waals surface area (Å²) in [4.78, 5) is 2.71. The monoisotopic (exact) mass is 238 g/mol. The highest BCUT2D eigenvalue weighted by atomic mass is 15.2. The van der Waals surface area contributed by atoms with E-state index in [1.165, 1.54) is 64.5 Å². The second-order valence-electron chi connectivity index (χ2n) is 6.14. The van der Waals surface area contributed by atoms with Gasteiger partial charge in [0, 0.05) is 25.7 Å². The van der Waals surface area contributed by atoms with Crippen LogP contribution in [0.25, 0.3) is 0 Å². The summed E-state index contributed by atoms with van der Waals surface area (Å²) in [5.74, 6) is 2.03. The van der Waals surface area contributed by atoms with Crippen LogP contribution in [0.15, 0.2) is 0 Å². The molecule has 0 aromatic rings. The fraction of sp³-hybridized carbons (Fsp3) is 1.00. The average molecular weight is 238 g/mol. The highest BCUT2D eigenvalue weighted by Crippen LogP contribution is 2.38. The first kappa shape index (κ1) is 13.4. The Morgan fingerprint density at radius 2 is 1.82 bits per heavy atom. The van der Waals surface area contributed by atoms with Crippen LogP contribution in [0.3, 0.4) is 0 Å². The van der Waals surface area contributed by atoms with Gasteiger partial charge in [-0.25, -0.2) is 0 Å². The van der Waals surface area contributed by atoms with Crippen molar-refractivity contribution < 1.29 is 0 Å². The lowest BCUT2D eigenvalue weighted by Gasteiger charge is -2.27. The Bertz CT molecular complexity index is 205. The molecule has 3 atom stereocenters. The first-order valence-corrected chi connectivity index (χ1v) is 7.79. The summed E-state index contributed by atoms with van der Waals surface area (Å²) in [6.45, 7) is 5.84. The van der Waals surface area contributed by atoms with Crippen molar-refractivity contribution in [2.24, 2.45) is 17.6 Å². The minimum absolute atomic E-state index is 0.678. The number of unbranched alkanes of at least 4 members (excludes halogenated alkanes) is 3. The maximum atomic E-state index is 5.98. The van der Waals surface area contributed by atoms with E-state index < -0.39 is 0 Å². The summed E-state index contributed by atoms with van der Waals surface area (Å²) in [5, 5.41) is 0. The van der Waals surface area contributed by atoms with Gasteiger partial charge >= 0.3 is 0 Å². The van der Waals surface area contributed by atoms with E-state index in [4.69, 9.17) is 5.73 Å². The second-order valence-corrected chi connectivity index (χ2v) is 6.14. The van der Waals surface area contributed by atoms with Crippen molar-refractivity contribution in [1.29, 1.82) is 0 Å². The molecule has 0 bridgehead atoms. The standard InChI is InChI=1S/C15H30N2/c1-2-3-4-5-9-15(10-16)17-11-13-7-6-8-14(13)12-17/h13-15H,2-12,16H2,1H3. The molecule has 0 spiro atoms. The summed E-state index contributed by atoms with van der Waals surface area (Å²) in [6.07, 6.45) is 11.3. The van der Waals surface area contributed by atoms with E-state index in [9.17, 15) is 0 Å². The van der Waals surface area contributed by atoms with E-state index in [2.05, 4.69) is 11.8 Å². The van der Waals surface area contributed by atoms with Gasteiger partial charge in [0.1, 0.15) is 0 Å². The number of rotatable bonds is 7. The molecule has 0 amide bonds. The molecule has 3 unspecified atom stereocenters. The lowest BCUT2D eigenvalue weighted by atomic mass is 10.0. The zero-order valence-electron chi connectivity index (χ0n) is 11.5. The Morgan fingerprint density at radius 3 is 2.41 bits per heavy atom. The fourth-order valence-corrected chi connectivity index (χ4v) is 3.83. The van der Waals surface area contributed by atoms with Gasteiger partial charge in [0.15, 0.2) is 0 Å². The number of hydrogen-bond acceptors (Lipinski definition) is 2. The molecule has 1 aliphatic carbocycles. The molecule has 17 heavy (non-hydrogen) atoms. The third kappa shape index (κ3) is 3.45. The molecule has 1 saturated carbocycles. The first-order chi connectivity index (χ1) is 8.35. The van der Waals surface area contributed by atoms with Gasteiger partial charge in [0.05, 0.1) is 0 Å². The maximum absolute atomic E-state index is 5.98. The molecule has 2 rings (SSSR count). The van der Waals surface area contributed by atoms with E-state index in [-0.39, 0.29) is 0 Å². The van der Waals surface area contributed by atoms with Crippen molar-refractivity contribution in [3.63, 3.8) is 0 Å². The molecule has 1 aliphatic heterocycles. The second kappa shape index (κ2) is 6.75. The number of nitrogens with two attached hydrogens (primary N) is 1. The number of likely N-dealkylation sites (tertiary alicyclic amines) is 1. The molecule has 1 saturated heterocycles. The van der Waals surface area contributed by atoms with Crippen molar-refractivity contribution in [2.45, 2.75) is 64.3 Å². The summed E-state index contributed by atoms with van der Waals surface area (Å²) < 4.78 is 0. The van der Waals surface area contributed by atoms with Crippen LogP contribution < -0.4 is 5.73 Å². The van der Waals surface area contributed by atoms with Gasteiger partial charge in [-0.3, -0.25) is 4.90 Å². The SMILES string of the molecule is CCCCCCC(CN)N1CC2CCCC2C1. The van der Waals surface area contributed by atoms with E-state index in [1.54, 1.807) is 0 Å². The van der Waals surface area contributed by atoms with E-state index in [0.717, 1.165) is 18.4 Å². The molecule has 100 valence electrons. The third-order valence-electron chi connectivity index (χ3n) is 4.93. The number of nitrogens with zero attached hydrogens (tertiary/aromatic N) is 1. The quantitative estimate of drug-likeness (QED) is 0.691. The van der Waals surface area contributed by atoms with E-state index >= 15 is 0 Å². The maximum Gasteiger partial charge on any atom is 0.0218 e. The molecule has 0 aromatic carbocycles. The lowest BCUT2D eigenvalue weighted by molar-refractivity contribution is 0.214. The zero-order chi connectivity index (χ0) is 12.1. The highest BCUT2D eigenvalue weighted by Gasteiger charge is 2.37. The Balaban J connectivity index is 1.71. The molecule has 0 aromatic heterocycles. The number of hydrogen-bond donors (Lipinski definition) is 1. The van der Waals surface area contributed by atoms with Crippen molar-refractivity contribution >= 4 is 0 Å². The van der Waals surface area contributed by atoms with Gasteiger partial charge in [0.25, 0.3) is 0 Å². The van der Waals surface area contributed by atoms with Gasteiger partial charge in [0.2, 0.25) is 0 Å². The Morgan fingerprint density at radius 1 is 1.12 bits per heavy atom. The van der Waals surface area contributed by atoms with Crippen molar-refractivity contribution in [3.8, 4) is 0 Å². The molecule has 2 heteroatoms. The van der Waals surface area contributed by atoms with Crippen LogP contribution >= 0.6 is 0 Å². The molecule has 2 fully saturated rings. The molecular formula is C15H30N2. The smallest absolute Gasteiger partial charge is 0.0218 e. The van der Waals surface area contributed by atoms with Crippen molar-refractivity contribution in [2.75, 3.05) is 19.6 Å². The van der Waals surface area contributed by atoms with Crippen LogP contribution in [0.1, 0.15) is 58.3 Å². The Hall–Kier alpha value is -0.0800. The van der Waals surface area contributed by atoms with Crippen LogP contribution in [0.5, 0.6) is 0 Å². The highest BCUT2D eigenvalue weighted by molar-refractivity contribution is 4.91. The summed E-state index contributed by atoms with van der Waals surface area (Å²) >= 11 is 0. The molecular weight excluding hydrogens is 208 g/mol. The Labute approximate surface area is 107 Å². The van der Waals surface area contributed by atoms with Gasteiger partial charge in [-0.15, -0.1) is 0 Å². The van der Waals surface area contributed by atoms with Crippen LogP contribution in [0.2, 0.25) is 0 Å². The first-order valence-electron chi connectivity index (χ1n) is 7.79. The van der Waals surface area contributed by atoms with E-state index in [0.29, 0.717) is 6.04 Å². The van der Waals surface area contributed by atoms with Crippen LogP contribution in [0, 0.1) is 11.8 Å². The minimum Gasteiger partial charge on any atom is -0.329 e. The van der Waals surface area contributed by atoms with E-state index in [1.807, 2.05) is 0 Å². The van der Waals surface area contributed by atoms with Crippen molar-refractivity contribution in [1.82, 2.24) is 4.90 Å². The molecule has 1 heterocycles. The zero-order valence-corrected chi connectivity index (χ0v) is 11.5. The summed E-state index contributed by atoms with van der Waals surface area (Å²) in [6, 6.07) is 0.678. The van der Waals surface area contributed by atoms with Gasteiger partial charge in [-0.1, -0.05) is 39.0 Å².